The molecule has 0 heterocycles. The first-order chi connectivity index (χ1) is 10.6. The molecule has 1 aromatic rings. The standard InChI is InChI=1S/C17H24O4S/c1-2-3-4-5-6-7-8-12-15-17(18)21-22(19,20)16-13-10-9-11-14-16/h9-15H,2-8H2,1H3. The van der Waals surface area contributed by atoms with Crippen molar-refractivity contribution in [3.8, 4) is 0 Å². The highest BCUT2D eigenvalue weighted by Gasteiger charge is 2.17. The molecule has 0 amide bonds. The predicted octanol–water partition coefficient (Wildman–Crippen LogP) is 4.23. The lowest BCUT2D eigenvalue weighted by Crippen LogP contribution is -2.11. The summed E-state index contributed by atoms with van der Waals surface area (Å²) in [5.74, 6) is -0.852. The number of hydrogen-bond donors (Lipinski definition) is 0. The molecule has 22 heavy (non-hydrogen) atoms. The molecule has 0 atom stereocenters. The summed E-state index contributed by atoms with van der Waals surface area (Å²) in [6.07, 6.45) is 10.7. The molecule has 0 aromatic heterocycles. The van der Waals surface area contributed by atoms with Gasteiger partial charge in [0, 0.05) is 6.08 Å². The minimum Gasteiger partial charge on any atom is -0.338 e. The number of unbranched alkanes of at least 4 members (excludes halogenated alkanes) is 6. The Hall–Kier alpha value is -1.62. The van der Waals surface area contributed by atoms with E-state index in [1.54, 1.807) is 24.3 Å². The third kappa shape index (κ3) is 7.41. The normalized spacial score (nSPS) is 11.7. The van der Waals surface area contributed by atoms with Crippen molar-refractivity contribution in [1.29, 1.82) is 0 Å². The molecule has 4 nitrogen and oxygen atoms in total. The summed E-state index contributed by atoms with van der Waals surface area (Å²) in [6.45, 7) is 2.18. The molecular weight excluding hydrogens is 300 g/mol. The molecule has 0 N–H and O–H groups in total. The van der Waals surface area contributed by atoms with Crippen molar-refractivity contribution in [3.05, 3.63) is 42.5 Å². The molecule has 0 saturated carbocycles. The van der Waals surface area contributed by atoms with Crippen LogP contribution in [0.15, 0.2) is 47.4 Å². The van der Waals surface area contributed by atoms with Crippen molar-refractivity contribution >= 4 is 16.1 Å². The first-order valence-electron chi connectivity index (χ1n) is 7.76. The number of allylic oxidation sites excluding steroid dienone is 1. The maximum absolute atomic E-state index is 11.8. The SMILES string of the molecule is CCCCCCCCC=CC(=O)OS(=O)(=O)c1ccccc1. The zero-order chi connectivity index (χ0) is 16.3. The van der Waals surface area contributed by atoms with Crippen molar-refractivity contribution < 1.29 is 17.4 Å². The Morgan fingerprint density at radius 2 is 1.68 bits per heavy atom. The number of benzene rings is 1. The van der Waals surface area contributed by atoms with Crippen LogP contribution >= 0.6 is 0 Å². The van der Waals surface area contributed by atoms with Crippen molar-refractivity contribution in [2.75, 3.05) is 0 Å². The first-order valence-corrected chi connectivity index (χ1v) is 9.17. The van der Waals surface area contributed by atoms with Gasteiger partial charge in [0.25, 0.3) is 0 Å². The van der Waals surface area contributed by atoms with Crippen molar-refractivity contribution in [2.45, 2.75) is 56.8 Å². The van der Waals surface area contributed by atoms with Gasteiger partial charge in [-0.05, 0) is 25.0 Å². The van der Waals surface area contributed by atoms with Crippen LogP contribution in [0.2, 0.25) is 0 Å². The Kier molecular flexibility index (Phi) is 8.51. The van der Waals surface area contributed by atoms with Crippen LogP contribution in [0.5, 0.6) is 0 Å². The first kappa shape index (κ1) is 18.4. The Morgan fingerprint density at radius 1 is 1.05 bits per heavy atom. The van der Waals surface area contributed by atoms with Crippen LogP contribution in [0.1, 0.15) is 51.9 Å². The summed E-state index contributed by atoms with van der Waals surface area (Å²) in [6, 6.07) is 7.64. The minimum absolute atomic E-state index is 0.0207. The highest BCUT2D eigenvalue weighted by molar-refractivity contribution is 7.87. The Bertz CT molecular complexity index is 562. The molecule has 0 saturated heterocycles. The van der Waals surface area contributed by atoms with Gasteiger partial charge in [-0.2, -0.15) is 8.42 Å². The van der Waals surface area contributed by atoms with E-state index < -0.39 is 16.1 Å². The highest BCUT2D eigenvalue weighted by Crippen LogP contribution is 2.12. The van der Waals surface area contributed by atoms with E-state index in [1.807, 2.05) is 0 Å². The lowest BCUT2D eigenvalue weighted by Gasteiger charge is -2.02. The van der Waals surface area contributed by atoms with E-state index in [4.69, 9.17) is 0 Å². The van der Waals surface area contributed by atoms with E-state index in [0.29, 0.717) is 0 Å². The lowest BCUT2D eigenvalue weighted by molar-refractivity contribution is -0.128. The molecular formula is C17H24O4S. The largest absolute Gasteiger partial charge is 0.346 e. The van der Waals surface area contributed by atoms with Gasteiger partial charge in [0.2, 0.25) is 0 Å². The average Bonchev–Trinajstić information content (AvgIpc) is 2.50. The van der Waals surface area contributed by atoms with Gasteiger partial charge in [0.1, 0.15) is 4.90 Å². The van der Waals surface area contributed by atoms with Crippen LogP contribution < -0.4 is 0 Å². The molecule has 0 bridgehead atoms. The molecule has 1 aromatic carbocycles. The Balaban J connectivity index is 2.29. The van der Waals surface area contributed by atoms with Crippen molar-refractivity contribution in [3.63, 3.8) is 0 Å². The lowest BCUT2D eigenvalue weighted by atomic mass is 10.1. The fraction of sp³-hybridized carbons (Fsp3) is 0.471. The van der Waals surface area contributed by atoms with Gasteiger partial charge in [-0.25, -0.2) is 4.79 Å². The smallest absolute Gasteiger partial charge is 0.338 e. The Labute approximate surface area is 133 Å². The van der Waals surface area contributed by atoms with Gasteiger partial charge in [0.15, 0.2) is 0 Å². The van der Waals surface area contributed by atoms with Crippen LogP contribution in [0.25, 0.3) is 0 Å². The number of carbonyl (C=O) groups excluding carboxylic acids is 1. The van der Waals surface area contributed by atoms with E-state index >= 15 is 0 Å². The third-order valence-corrected chi connectivity index (χ3v) is 4.44. The van der Waals surface area contributed by atoms with E-state index in [-0.39, 0.29) is 4.90 Å². The van der Waals surface area contributed by atoms with E-state index in [2.05, 4.69) is 11.1 Å². The maximum Gasteiger partial charge on any atom is 0.346 e. The van der Waals surface area contributed by atoms with Gasteiger partial charge in [-0.1, -0.05) is 63.3 Å². The molecule has 0 aliphatic carbocycles. The molecule has 0 radical (unpaired) electrons. The fourth-order valence-corrected chi connectivity index (χ4v) is 2.85. The van der Waals surface area contributed by atoms with Gasteiger partial charge >= 0.3 is 16.1 Å². The van der Waals surface area contributed by atoms with Crippen LogP contribution in [-0.4, -0.2) is 14.4 Å². The second-order valence-electron chi connectivity index (χ2n) is 5.13. The summed E-state index contributed by atoms with van der Waals surface area (Å²) < 4.78 is 28.1. The van der Waals surface area contributed by atoms with Crippen molar-refractivity contribution in [1.82, 2.24) is 0 Å². The average molecular weight is 324 g/mol. The monoisotopic (exact) mass is 324 g/mol. The van der Waals surface area contributed by atoms with Gasteiger partial charge in [-0.3, -0.25) is 0 Å². The van der Waals surface area contributed by atoms with Crippen LogP contribution in [0.4, 0.5) is 0 Å². The molecule has 122 valence electrons. The van der Waals surface area contributed by atoms with E-state index in [0.717, 1.165) is 19.3 Å². The molecule has 5 heteroatoms. The number of hydrogen-bond acceptors (Lipinski definition) is 4. The van der Waals surface area contributed by atoms with Gasteiger partial charge in [0.05, 0.1) is 0 Å². The molecule has 0 unspecified atom stereocenters. The van der Waals surface area contributed by atoms with Crippen LogP contribution in [0.3, 0.4) is 0 Å². The van der Waals surface area contributed by atoms with Crippen LogP contribution in [0, 0.1) is 0 Å². The summed E-state index contributed by atoms with van der Waals surface area (Å²) >= 11 is 0. The molecule has 0 aliphatic rings. The summed E-state index contributed by atoms with van der Waals surface area (Å²) in [5, 5.41) is 0. The predicted molar refractivity (Wildman–Crippen MR) is 86.9 cm³/mol. The highest BCUT2D eigenvalue weighted by atomic mass is 32.2. The maximum atomic E-state index is 11.8. The summed E-state index contributed by atoms with van der Waals surface area (Å²) in [5.41, 5.74) is 0. The molecule has 1 rings (SSSR count). The summed E-state index contributed by atoms with van der Waals surface area (Å²) in [4.78, 5) is 11.5. The molecule has 0 fully saturated rings. The zero-order valence-corrected chi connectivity index (χ0v) is 13.8. The third-order valence-electron chi connectivity index (χ3n) is 3.20. The zero-order valence-electron chi connectivity index (χ0n) is 13.0. The van der Waals surface area contributed by atoms with Gasteiger partial charge in [-0.15, -0.1) is 0 Å². The molecule has 0 spiro atoms. The number of carbonyl (C=O) groups is 1. The summed E-state index contributed by atoms with van der Waals surface area (Å²) in [7, 11) is -4.02. The van der Waals surface area contributed by atoms with Crippen molar-refractivity contribution in [2.24, 2.45) is 0 Å². The van der Waals surface area contributed by atoms with E-state index in [1.165, 1.54) is 43.9 Å². The second-order valence-corrected chi connectivity index (χ2v) is 6.67. The minimum atomic E-state index is -4.02. The molecule has 0 aliphatic heterocycles. The topological polar surface area (TPSA) is 60.4 Å². The number of rotatable bonds is 10. The fourth-order valence-electron chi connectivity index (χ4n) is 1.99. The quantitative estimate of drug-likeness (QED) is 0.367. The van der Waals surface area contributed by atoms with Crippen LogP contribution in [-0.2, 0) is 19.1 Å². The van der Waals surface area contributed by atoms with Gasteiger partial charge < -0.3 is 4.18 Å². The Morgan fingerprint density at radius 3 is 2.36 bits per heavy atom. The van der Waals surface area contributed by atoms with E-state index in [9.17, 15) is 13.2 Å². The second kappa shape index (κ2) is 10.2.